The molecule has 1 nitrogen and oxygen atoms in total. The van der Waals surface area contributed by atoms with E-state index in [9.17, 15) is 0 Å². The van der Waals surface area contributed by atoms with Crippen LogP contribution in [0.15, 0.2) is 42.5 Å². The van der Waals surface area contributed by atoms with E-state index >= 15 is 0 Å². The summed E-state index contributed by atoms with van der Waals surface area (Å²) in [5.74, 6) is 0. The van der Waals surface area contributed by atoms with Gasteiger partial charge in [-0.15, -0.1) is 0 Å². The summed E-state index contributed by atoms with van der Waals surface area (Å²) in [6.45, 7) is 6.47. The maximum atomic E-state index is 6.32. The lowest BCUT2D eigenvalue weighted by atomic mass is 9.96. The summed E-state index contributed by atoms with van der Waals surface area (Å²) in [6, 6.07) is 15.6. The molecule has 0 aromatic heterocycles. The molecule has 0 heterocycles. The highest BCUT2D eigenvalue weighted by atomic mass is 14.6. The van der Waals surface area contributed by atoms with Crippen LogP contribution in [0.2, 0.25) is 0 Å². The largest absolute Gasteiger partial charge is 0.324 e. The van der Waals surface area contributed by atoms with Gasteiger partial charge in [-0.1, -0.05) is 49.4 Å². The Labute approximate surface area is 122 Å². The lowest BCUT2D eigenvalue weighted by Crippen LogP contribution is -2.11. The molecule has 0 fully saturated rings. The molecule has 0 saturated heterocycles. The average Bonchev–Trinajstić information content (AvgIpc) is 2.48. The molecule has 2 aromatic rings. The van der Waals surface area contributed by atoms with Crippen LogP contribution in [0.5, 0.6) is 0 Å². The summed E-state index contributed by atoms with van der Waals surface area (Å²) in [5, 5.41) is 0. The maximum Gasteiger partial charge on any atom is 0.0298 e. The maximum absolute atomic E-state index is 6.32. The van der Waals surface area contributed by atoms with E-state index in [0.29, 0.717) is 0 Å². The van der Waals surface area contributed by atoms with Gasteiger partial charge >= 0.3 is 0 Å². The van der Waals surface area contributed by atoms with Crippen molar-refractivity contribution in [3.05, 3.63) is 70.3 Å². The predicted molar refractivity (Wildman–Crippen MR) is 87.0 cm³/mol. The third-order valence-electron chi connectivity index (χ3n) is 4.13. The SMILES string of the molecule is CCc1ccc(CCC(N)c2ccc(C)c(C)c2)cc1. The van der Waals surface area contributed by atoms with Crippen molar-refractivity contribution in [3.63, 3.8) is 0 Å². The number of nitrogens with two attached hydrogens (primary N) is 1. The Balaban J connectivity index is 1.96. The first-order valence-corrected chi connectivity index (χ1v) is 7.50. The molecule has 0 aliphatic rings. The first-order valence-electron chi connectivity index (χ1n) is 7.50. The summed E-state index contributed by atoms with van der Waals surface area (Å²) in [7, 11) is 0. The van der Waals surface area contributed by atoms with Crippen molar-refractivity contribution < 1.29 is 0 Å². The van der Waals surface area contributed by atoms with Crippen molar-refractivity contribution in [1.29, 1.82) is 0 Å². The Morgan fingerprint density at radius 3 is 2.15 bits per heavy atom. The fraction of sp³-hybridized carbons (Fsp3) is 0.368. The van der Waals surface area contributed by atoms with Gasteiger partial charge in [-0.3, -0.25) is 0 Å². The summed E-state index contributed by atoms with van der Waals surface area (Å²) < 4.78 is 0. The highest BCUT2D eigenvalue weighted by molar-refractivity contribution is 5.31. The quantitative estimate of drug-likeness (QED) is 0.848. The molecule has 1 atom stereocenters. The summed E-state index contributed by atoms with van der Waals surface area (Å²) in [5.41, 5.74) is 13.0. The van der Waals surface area contributed by atoms with Crippen molar-refractivity contribution in [1.82, 2.24) is 0 Å². The molecular formula is C19H25N. The third kappa shape index (κ3) is 3.71. The summed E-state index contributed by atoms with van der Waals surface area (Å²) >= 11 is 0. The highest BCUT2D eigenvalue weighted by Crippen LogP contribution is 2.20. The molecule has 0 amide bonds. The van der Waals surface area contributed by atoms with Crippen molar-refractivity contribution in [3.8, 4) is 0 Å². The minimum atomic E-state index is 0.125. The molecule has 1 heteroatoms. The van der Waals surface area contributed by atoms with E-state index in [1.165, 1.54) is 27.8 Å². The van der Waals surface area contributed by atoms with Crippen LogP contribution in [-0.2, 0) is 12.8 Å². The van der Waals surface area contributed by atoms with E-state index in [4.69, 9.17) is 5.73 Å². The van der Waals surface area contributed by atoms with E-state index < -0.39 is 0 Å². The van der Waals surface area contributed by atoms with Gasteiger partial charge in [0.15, 0.2) is 0 Å². The van der Waals surface area contributed by atoms with Crippen LogP contribution < -0.4 is 5.73 Å². The van der Waals surface area contributed by atoms with Crippen molar-refractivity contribution >= 4 is 0 Å². The Hall–Kier alpha value is -1.60. The number of benzene rings is 2. The molecule has 2 rings (SSSR count). The molecule has 2 N–H and O–H groups in total. The van der Waals surface area contributed by atoms with E-state index in [1.54, 1.807) is 0 Å². The van der Waals surface area contributed by atoms with Crippen LogP contribution >= 0.6 is 0 Å². The normalized spacial score (nSPS) is 12.4. The van der Waals surface area contributed by atoms with Crippen LogP contribution in [0.3, 0.4) is 0 Å². The molecule has 20 heavy (non-hydrogen) atoms. The van der Waals surface area contributed by atoms with Crippen LogP contribution in [0.4, 0.5) is 0 Å². The first kappa shape index (κ1) is 14.8. The fourth-order valence-corrected chi connectivity index (χ4v) is 2.43. The molecule has 0 saturated carbocycles. The first-order chi connectivity index (χ1) is 9.60. The molecule has 0 bridgehead atoms. The lowest BCUT2D eigenvalue weighted by molar-refractivity contribution is 0.650. The second-order valence-corrected chi connectivity index (χ2v) is 5.66. The Morgan fingerprint density at radius 1 is 0.900 bits per heavy atom. The Morgan fingerprint density at radius 2 is 1.55 bits per heavy atom. The van der Waals surface area contributed by atoms with Crippen LogP contribution in [0.1, 0.15) is 47.2 Å². The van der Waals surface area contributed by atoms with Crippen LogP contribution in [0, 0.1) is 13.8 Å². The Bertz CT molecular complexity index is 554. The van der Waals surface area contributed by atoms with Crippen molar-refractivity contribution in [2.24, 2.45) is 5.73 Å². The molecule has 1 unspecified atom stereocenters. The zero-order valence-corrected chi connectivity index (χ0v) is 12.8. The third-order valence-corrected chi connectivity index (χ3v) is 4.13. The minimum Gasteiger partial charge on any atom is -0.324 e. The lowest BCUT2D eigenvalue weighted by Gasteiger charge is -2.14. The second kappa shape index (κ2) is 6.71. The monoisotopic (exact) mass is 267 g/mol. The number of rotatable bonds is 5. The van der Waals surface area contributed by atoms with E-state index in [-0.39, 0.29) is 6.04 Å². The van der Waals surface area contributed by atoms with Gasteiger partial charge in [0.05, 0.1) is 0 Å². The predicted octanol–water partition coefficient (Wildman–Crippen LogP) is 4.50. The molecule has 2 aromatic carbocycles. The molecule has 0 aliphatic heterocycles. The molecular weight excluding hydrogens is 242 g/mol. The smallest absolute Gasteiger partial charge is 0.0298 e. The van der Waals surface area contributed by atoms with E-state index in [2.05, 4.69) is 63.2 Å². The fourth-order valence-electron chi connectivity index (χ4n) is 2.43. The van der Waals surface area contributed by atoms with Gasteiger partial charge < -0.3 is 5.73 Å². The molecule has 0 spiro atoms. The van der Waals surface area contributed by atoms with E-state index in [1.807, 2.05) is 0 Å². The van der Waals surface area contributed by atoms with Crippen LogP contribution in [0.25, 0.3) is 0 Å². The molecule has 0 radical (unpaired) electrons. The standard InChI is InChI=1S/C19H25N/c1-4-16-6-8-17(9-7-16)10-12-19(20)18-11-5-14(2)15(3)13-18/h5-9,11,13,19H,4,10,12,20H2,1-3H3. The van der Waals surface area contributed by atoms with Gasteiger partial charge in [0.2, 0.25) is 0 Å². The average molecular weight is 267 g/mol. The van der Waals surface area contributed by atoms with Crippen LogP contribution in [-0.4, -0.2) is 0 Å². The zero-order valence-electron chi connectivity index (χ0n) is 12.8. The van der Waals surface area contributed by atoms with Crippen molar-refractivity contribution in [2.75, 3.05) is 0 Å². The van der Waals surface area contributed by atoms with Crippen molar-refractivity contribution in [2.45, 2.75) is 46.1 Å². The minimum absolute atomic E-state index is 0.125. The number of hydrogen-bond acceptors (Lipinski definition) is 1. The van der Waals surface area contributed by atoms with Gasteiger partial charge in [-0.05, 0) is 60.9 Å². The Kier molecular flexibility index (Phi) is 4.97. The van der Waals surface area contributed by atoms with Gasteiger partial charge in [-0.25, -0.2) is 0 Å². The zero-order chi connectivity index (χ0) is 14.5. The topological polar surface area (TPSA) is 26.0 Å². The van der Waals surface area contributed by atoms with E-state index in [0.717, 1.165) is 19.3 Å². The highest BCUT2D eigenvalue weighted by Gasteiger charge is 2.07. The molecule has 106 valence electrons. The number of aryl methyl sites for hydroxylation is 4. The molecule has 0 aliphatic carbocycles. The van der Waals surface area contributed by atoms with Gasteiger partial charge in [0, 0.05) is 6.04 Å². The van der Waals surface area contributed by atoms with Gasteiger partial charge in [0.25, 0.3) is 0 Å². The summed E-state index contributed by atoms with van der Waals surface area (Å²) in [6.07, 6.45) is 3.13. The second-order valence-electron chi connectivity index (χ2n) is 5.66. The van der Waals surface area contributed by atoms with Gasteiger partial charge in [-0.2, -0.15) is 0 Å². The number of hydrogen-bond donors (Lipinski definition) is 1. The van der Waals surface area contributed by atoms with Gasteiger partial charge in [0.1, 0.15) is 0 Å². The summed E-state index contributed by atoms with van der Waals surface area (Å²) in [4.78, 5) is 0.